The van der Waals surface area contributed by atoms with Gasteiger partial charge in [-0.2, -0.15) is 13.2 Å². The van der Waals surface area contributed by atoms with E-state index in [0.717, 1.165) is 11.1 Å². The van der Waals surface area contributed by atoms with Crippen molar-refractivity contribution in [3.8, 4) is 16.9 Å². The highest BCUT2D eigenvalue weighted by atomic mass is 19.4. The Balaban J connectivity index is 1.71. The van der Waals surface area contributed by atoms with Crippen LogP contribution in [-0.4, -0.2) is 23.2 Å². The maximum absolute atomic E-state index is 13.1. The van der Waals surface area contributed by atoms with Gasteiger partial charge in [-0.15, -0.1) is 0 Å². The first-order chi connectivity index (χ1) is 12.3. The number of rotatable bonds is 4. The number of alkyl halides is 3. The average molecular weight is 365 g/mol. The molecule has 0 amide bonds. The maximum Gasteiger partial charge on any atom is 0.392 e. The highest BCUT2D eigenvalue weighted by molar-refractivity contribution is 5.63. The Labute approximate surface area is 148 Å². The van der Waals surface area contributed by atoms with Crippen molar-refractivity contribution < 1.29 is 22.8 Å². The van der Waals surface area contributed by atoms with Crippen LogP contribution in [0.5, 0.6) is 5.75 Å². The monoisotopic (exact) mass is 365 g/mol. The summed E-state index contributed by atoms with van der Waals surface area (Å²) < 4.78 is 44.8. The molecule has 1 fully saturated rings. The summed E-state index contributed by atoms with van der Waals surface area (Å²) in [5, 5.41) is 11.0. The minimum Gasteiger partial charge on any atom is -0.490 e. The van der Waals surface area contributed by atoms with Gasteiger partial charge >= 0.3 is 6.18 Å². The third kappa shape index (κ3) is 4.33. The summed E-state index contributed by atoms with van der Waals surface area (Å²) in [5.41, 5.74) is 1.97. The molecule has 0 aliphatic heterocycles. The van der Waals surface area contributed by atoms with E-state index in [-0.39, 0.29) is 12.8 Å². The van der Waals surface area contributed by atoms with Gasteiger partial charge in [0.05, 0.1) is 12.3 Å². The lowest BCUT2D eigenvalue weighted by Crippen LogP contribution is -2.42. The molecule has 2 aromatic rings. The van der Waals surface area contributed by atoms with Gasteiger partial charge < -0.3 is 4.74 Å². The first-order valence-corrected chi connectivity index (χ1v) is 8.35. The molecule has 0 saturated heterocycles. The van der Waals surface area contributed by atoms with Crippen LogP contribution in [0.3, 0.4) is 0 Å². The molecular formula is C19H18F3NO3. The Morgan fingerprint density at radius 1 is 0.923 bits per heavy atom. The van der Waals surface area contributed by atoms with Crippen LogP contribution < -0.4 is 4.74 Å². The van der Waals surface area contributed by atoms with Gasteiger partial charge in [0, 0.05) is 11.3 Å². The molecule has 0 radical (unpaired) electrons. The zero-order valence-corrected chi connectivity index (χ0v) is 13.9. The van der Waals surface area contributed by atoms with Crippen LogP contribution >= 0.6 is 0 Å². The SMILES string of the molecule is O=[N+]([O-])C1CC(Oc2ccc(-c3ccccc3)cc2)CC(C(F)(F)F)C1. The molecule has 1 aliphatic rings. The Hall–Kier alpha value is -2.57. The fraction of sp³-hybridized carbons (Fsp3) is 0.368. The molecular weight excluding hydrogens is 347 g/mol. The van der Waals surface area contributed by atoms with Crippen LogP contribution in [0.25, 0.3) is 11.1 Å². The minimum atomic E-state index is -4.45. The second kappa shape index (κ2) is 7.35. The molecule has 0 bridgehead atoms. The number of halogens is 3. The Morgan fingerprint density at radius 2 is 1.54 bits per heavy atom. The lowest BCUT2D eigenvalue weighted by Gasteiger charge is -2.32. The standard InChI is InChI=1S/C19H18F3NO3/c20-19(21,22)15-10-16(23(24)25)12-18(11-15)26-17-8-6-14(7-9-17)13-4-2-1-3-5-13/h1-9,15-16,18H,10-12H2. The summed E-state index contributed by atoms with van der Waals surface area (Å²) in [5.74, 6) is -1.29. The summed E-state index contributed by atoms with van der Waals surface area (Å²) in [6.45, 7) is 0. The molecule has 138 valence electrons. The first-order valence-electron chi connectivity index (χ1n) is 8.35. The van der Waals surface area contributed by atoms with Crippen molar-refractivity contribution in [1.82, 2.24) is 0 Å². The lowest BCUT2D eigenvalue weighted by atomic mass is 9.83. The maximum atomic E-state index is 13.1. The summed E-state index contributed by atoms with van der Waals surface area (Å²) in [4.78, 5) is 10.4. The normalized spacial score (nSPS) is 23.4. The molecule has 2 aromatic carbocycles. The average Bonchev–Trinajstić information content (AvgIpc) is 2.62. The van der Waals surface area contributed by atoms with Gasteiger partial charge in [0.25, 0.3) is 0 Å². The Bertz CT molecular complexity index is 747. The lowest BCUT2D eigenvalue weighted by molar-refractivity contribution is -0.532. The fourth-order valence-electron chi connectivity index (χ4n) is 3.32. The van der Waals surface area contributed by atoms with Gasteiger partial charge in [-0.25, -0.2) is 0 Å². The van der Waals surface area contributed by atoms with Crippen LogP contribution in [0.1, 0.15) is 19.3 Å². The molecule has 26 heavy (non-hydrogen) atoms. The van der Waals surface area contributed by atoms with Gasteiger partial charge in [0.15, 0.2) is 0 Å². The van der Waals surface area contributed by atoms with Crippen molar-refractivity contribution >= 4 is 0 Å². The molecule has 0 N–H and O–H groups in total. The van der Waals surface area contributed by atoms with Crippen molar-refractivity contribution in [2.45, 2.75) is 37.6 Å². The predicted octanol–water partition coefficient (Wildman–Crippen LogP) is 5.11. The summed E-state index contributed by atoms with van der Waals surface area (Å²) >= 11 is 0. The Morgan fingerprint density at radius 3 is 2.12 bits per heavy atom. The topological polar surface area (TPSA) is 52.4 Å². The molecule has 0 aromatic heterocycles. The summed E-state index contributed by atoms with van der Waals surface area (Å²) in [6, 6.07) is 15.4. The van der Waals surface area contributed by atoms with E-state index in [9.17, 15) is 23.3 Å². The zero-order chi connectivity index (χ0) is 18.7. The van der Waals surface area contributed by atoms with Crippen molar-refractivity contribution in [3.63, 3.8) is 0 Å². The third-order valence-corrected chi connectivity index (χ3v) is 4.66. The summed E-state index contributed by atoms with van der Waals surface area (Å²) in [6.07, 6.45) is -6.03. The van der Waals surface area contributed by atoms with Crippen LogP contribution in [0, 0.1) is 16.0 Å². The van der Waals surface area contributed by atoms with Crippen LogP contribution in [0.4, 0.5) is 13.2 Å². The predicted molar refractivity (Wildman–Crippen MR) is 90.5 cm³/mol. The molecule has 3 atom stereocenters. The summed E-state index contributed by atoms with van der Waals surface area (Å²) in [7, 11) is 0. The fourth-order valence-corrected chi connectivity index (χ4v) is 3.32. The number of benzene rings is 2. The zero-order valence-electron chi connectivity index (χ0n) is 13.9. The first kappa shape index (κ1) is 18.2. The van der Waals surface area contributed by atoms with Crippen molar-refractivity contribution in [2.75, 3.05) is 0 Å². The smallest absolute Gasteiger partial charge is 0.392 e. The highest BCUT2D eigenvalue weighted by Gasteiger charge is 2.48. The molecule has 3 rings (SSSR count). The van der Waals surface area contributed by atoms with Crippen LogP contribution in [-0.2, 0) is 0 Å². The van der Waals surface area contributed by atoms with Gasteiger partial charge in [0.1, 0.15) is 11.9 Å². The number of nitro groups is 1. The highest BCUT2D eigenvalue weighted by Crippen LogP contribution is 2.39. The van der Waals surface area contributed by atoms with Crippen LogP contribution in [0.2, 0.25) is 0 Å². The third-order valence-electron chi connectivity index (χ3n) is 4.66. The van der Waals surface area contributed by atoms with Gasteiger partial charge in [-0.1, -0.05) is 42.5 Å². The molecule has 1 saturated carbocycles. The quantitative estimate of drug-likeness (QED) is 0.559. The van der Waals surface area contributed by atoms with E-state index in [2.05, 4.69) is 0 Å². The van der Waals surface area contributed by atoms with E-state index in [0.29, 0.717) is 5.75 Å². The molecule has 0 heterocycles. The minimum absolute atomic E-state index is 0.0139. The Kier molecular flexibility index (Phi) is 5.15. The van der Waals surface area contributed by atoms with Gasteiger partial charge in [-0.3, -0.25) is 10.1 Å². The van der Waals surface area contributed by atoms with E-state index < -0.39 is 35.6 Å². The molecule has 7 heteroatoms. The largest absolute Gasteiger partial charge is 0.490 e. The molecule has 0 spiro atoms. The van der Waals surface area contributed by atoms with E-state index in [1.54, 1.807) is 12.1 Å². The number of nitrogens with zero attached hydrogens (tertiary/aromatic N) is 1. The van der Waals surface area contributed by atoms with E-state index in [1.165, 1.54) is 0 Å². The van der Waals surface area contributed by atoms with E-state index >= 15 is 0 Å². The number of hydrogen-bond acceptors (Lipinski definition) is 3. The van der Waals surface area contributed by atoms with Gasteiger partial charge in [-0.05, 0) is 29.7 Å². The van der Waals surface area contributed by atoms with E-state index in [4.69, 9.17) is 4.74 Å². The number of ether oxygens (including phenoxy) is 1. The van der Waals surface area contributed by atoms with Crippen LogP contribution in [0.15, 0.2) is 54.6 Å². The second-order valence-corrected chi connectivity index (χ2v) is 6.52. The van der Waals surface area contributed by atoms with Crippen molar-refractivity contribution in [2.24, 2.45) is 5.92 Å². The number of hydrogen-bond donors (Lipinski definition) is 0. The molecule has 4 nitrogen and oxygen atoms in total. The van der Waals surface area contributed by atoms with Gasteiger partial charge in [0.2, 0.25) is 6.04 Å². The molecule has 1 aliphatic carbocycles. The van der Waals surface area contributed by atoms with E-state index in [1.807, 2.05) is 42.5 Å². The second-order valence-electron chi connectivity index (χ2n) is 6.52. The molecule has 3 unspecified atom stereocenters. The van der Waals surface area contributed by atoms with Crippen molar-refractivity contribution in [1.29, 1.82) is 0 Å². The van der Waals surface area contributed by atoms with Crippen molar-refractivity contribution in [3.05, 3.63) is 64.7 Å².